The van der Waals surface area contributed by atoms with Crippen molar-refractivity contribution in [2.45, 2.75) is 19.9 Å². The first-order valence-electron chi connectivity index (χ1n) is 4.29. The number of pyridine rings is 1. The summed E-state index contributed by atoms with van der Waals surface area (Å²) in [6.07, 6.45) is 1.66. The fourth-order valence-electron chi connectivity index (χ4n) is 1.32. The van der Waals surface area contributed by atoms with Crippen LogP contribution in [0.25, 0.3) is 10.9 Å². The smallest absolute Gasteiger partial charge is 0.141 e. The van der Waals surface area contributed by atoms with Crippen LogP contribution in [0.4, 0.5) is 0 Å². The zero-order valence-corrected chi connectivity index (χ0v) is 10.2. The molecule has 0 unspecified atom stereocenters. The lowest BCUT2D eigenvalue weighted by atomic mass is 10.3. The minimum atomic E-state index is 0.299. The summed E-state index contributed by atoms with van der Waals surface area (Å²) in [6, 6.07) is 2.15. The molecule has 0 aromatic carbocycles. The molecule has 2 rings (SSSR count). The Morgan fingerprint density at radius 3 is 2.79 bits per heavy atom. The van der Waals surface area contributed by atoms with Crippen molar-refractivity contribution < 1.29 is 0 Å². The zero-order chi connectivity index (χ0) is 10.3. The van der Waals surface area contributed by atoms with Crippen LogP contribution in [0.15, 0.2) is 16.9 Å². The second kappa shape index (κ2) is 3.51. The monoisotopic (exact) mass is 273 g/mol. The van der Waals surface area contributed by atoms with Crippen LogP contribution < -0.4 is 0 Å². The molecule has 3 nitrogen and oxygen atoms in total. The first-order chi connectivity index (χ1) is 6.61. The van der Waals surface area contributed by atoms with Crippen molar-refractivity contribution in [1.29, 1.82) is 0 Å². The number of rotatable bonds is 1. The third kappa shape index (κ3) is 1.42. The lowest BCUT2D eigenvalue weighted by Gasteiger charge is -2.05. The van der Waals surface area contributed by atoms with Gasteiger partial charge in [-0.05, 0) is 35.8 Å². The lowest BCUT2D eigenvalue weighted by Crippen LogP contribution is -2.02. The third-order valence-electron chi connectivity index (χ3n) is 1.99. The highest BCUT2D eigenvalue weighted by Crippen LogP contribution is 2.30. The largest absolute Gasteiger partial charge is 0.255 e. The molecule has 14 heavy (non-hydrogen) atoms. The first-order valence-corrected chi connectivity index (χ1v) is 5.46. The van der Waals surface area contributed by atoms with Crippen LogP contribution >= 0.6 is 27.5 Å². The van der Waals surface area contributed by atoms with Gasteiger partial charge in [-0.2, -0.15) is 5.10 Å². The summed E-state index contributed by atoms with van der Waals surface area (Å²) in [7, 11) is 0. The number of nitrogens with zero attached hydrogens (tertiary/aromatic N) is 3. The Morgan fingerprint density at radius 1 is 1.50 bits per heavy atom. The molecule has 0 N–H and O–H groups in total. The molecular weight excluding hydrogens is 265 g/mol. The fraction of sp³-hybridized carbons (Fsp3) is 0.333. The van der Waals surface area contributed by atoms with Crippen LogP contribution in [0.1, 0.15) is 19.9 Å². The molecule has 0 saturated carbocycles. The van der Waals surface area contributed by atoms with E-state index in [4.69, 9.17) is 11.6 Å². The minimum Gasteiger partial charge on any atom is -0.255 e. The van der Waals surface area contributed by atoms with Gasteiger partial charge < -0.3 is 0 Å². The molecule has 0 aliphatic carbocycles. The van der Waals surface area contributed by atoms with Gasteiger partial charge in [0.2, 0.25) is 0 Å². The highest BCUT2D eigenvalue weighted by atomic mass is 79.9. The van der Waals surface area contributed by atoms with Crippen molar-refractivity contribution in [1.82, 2.24) is 14.8 Å². The van der Waals surface area contributed by atoms with Crippen LogP contribution in [-0.2, 0) is 0 Å². The molecule has 0 atom stereocenters. The van der Waals surface area contributed by atoms with E-state index in [1.165, 1.54) is 0 Å². The summed E-state index contributed by atoms with van der Waals surface area (Å²) < 4.78 is 2.78. The highest BCUT2D eigenvalue weighted by molar-refractivity contribution is 9.10. The van der Waals surface area contributed by atoms with E-state index in [2.05, 4.69) is 39.9 Å². The summed E-state index contributed by atoms with van der Waals surface area (Å²) in [5.41, 5.74) is 0.866. The Kier molecular flexibility index (Phi) is 2.49. The Labute approximate surface area is 95.2 Å². The van der Waals surface area contributed by atoms with Gasteiger partial charge in [0.05, 0.1) is 10.9 Å². The number of aromatic nitrogens is 3. The first kappa shape index (κ1) is 9.93. The average Bonchev–Trinajstić information content (AvgIpc) is 2.45. The molecule has 0 fully saturated rings. The fourth-order valence-corrected chi connectivity index (χ4v) is 2.55. The van der Waals surface area contributed by atoms with E-state index in [1.54, 1.807) is 6.20 Å². The van der Waals surface area contributed by atoms with Crippen LogP contribution in [0, 0.1) is 0 Å². The molecule has 74 valence electrons. The number of halogens is 2. The predicted octanol–water partition coefficient (Wildman–Crippen LogP) is 3.43. The molecule has 0 radical (unpaired) electrons. The SMILES string of the molecule is CC(C)n1nc2ccnc(Cl)c2c1Br. The van der Waals surface area contributed by atoms with Crippen LogP contribution in [-0.4, -0.2) is 14.8 Å². The van der Waals surface area contributed by atoms with Crippen molar-refractivity contribution in [2.75, 3.05) is 0 Å². The molecule has 2 aromatic heterocycles. The lowest BCUT2D eigenvalue weighted by molar-refractivity contribution is 0.527. The average molecular weight is 275 g/mol. The van der Waals surface area contributed by atoms with E-state index in [-0.39, 0.29) is 0 Å². The summed E-state index contributed by atoms with van der Waals surface area (Å²) in [4.78, 5) is 4.02. The van der Waals surface area contributed by atoms with E-state index in [9.17, 15) is 0 Å². The predicted molar refractivity (Wildman–Crippen MR) is 60.6 cm³/mol. The van der Waals surface area contributed by atoms with Crippen molar-refractivity contribution in [3.05, 3.63) is 22.0 Å². The quantitative estimate of drug-likeness (QED) is 0.746. The molecular formula is C9H9BrClN3. The van der Waals surface area contributed by atoms with E-state index in [1.807, 2.05) is 10.7 Å². The van der Waals surface area contributed by atoms with Gasteiger partial charge in [-0.1, -0.05) is 11.6 Å². The van der Waals surface area contributed by atoms with Crippen molar-refractivity contribution >= 4 is 38.4 Å². The number of fused-ring (bicyclic) bond motifs is 1. The van der Waals surface area contributed by atoms with E-state index in [0.717, 1.165) is 15.5 Å². The minimum absolute atomic E-state index is 0.299. The Hall–Kier alpha value is -0.610. The van der Waals surface area contributed by atoms with Gasteiger partial charge in [0, 0.05) is 12.2 Å². The van der Waals surface area contributed by atoms with Gasteiger partial charge in [0.15, 0.2) is 0 Å². The van der Waals surface area contributed by atoms with Crippen LogP contribution in [0.2, 0.25) is 5.15 Å². The molecule has 0 amide bonds. The Morgan fingerprint density at radius 2 is 2.21 bits per heavy atom. The van der Waals surface area contributed by atoms with Gasteiger partial charge in [-0.3, -0.25) is 4.68 Å². The summed E-state index contributed by atoms with van der Waals surface area (Å²) in [6.45, 7) is 4.13. The molecule has 0 bridgehead atoms. The topological polar surface area (TPSA) is 30.7 Å². The van der Waals surface area contributed by atoms with E-state index in [0.29, 0.717) is 11.2 Å². The Balaban J connectivity index is 2.81. The maximum absolute atomic E-state index is 5.99. The molecule has 0 aliphatic heterocycles. The second-order valence-electron chi connectivity index (χ2n) is 3.33. The van der Waals surface area contributed by atoms with Crippen molar-refractivity contribution in [3.8, 4) is 0 Å². The second-order valence-corrected chi connectivity index (χ2v) is 4.43. The summed E-state index contributed by atoms with van der Waals surface area (Å²) in [5, 5.41) is 5.78. The molecule has 2 aromatic rings. The molecule has 2 heterocycles. The molecule has 0 aliphatic rings. The molecule has 5 heteroatoms. The maximum atomic E-state index is 5.99. The summed E-state index contributed by atoms with van der Waals surface area (Å²) >= 11 is 9.47. The maximum Gasteiger partial charge on any atom is 0.141 e. The highest BCUT2D eigenvalue weighted by Gasteiger charge is 2.13. The van der Waals surface area contributed by atoms with Crippen LogP contribution in [0.3, 0.4) is 0 Å². The summed E-state index contributed by atoms with van der Waals surface area (Å²) in [5.74, 6) is 0. The number of hydrogen-bond acceptors (Lipinski definition) is 2. The van der Waals surface area contributed by atoms with Gasteiger partial charge in [-0.25, -0.2) is 4.98 Å². The Bertz CT molecular complexity index is 478. The van der Waals surface area contributed by atoms with Gasteiger partial charge in [0.25, 0.3) is 0 Å². The van der Waals surface area contributed by atoms with E-state index >= 15 is 0 Å². The van der Waals surface area contributed by atoms with Crippen molar-refractivity contribution in [3.63, 3.8) is 0 Å². The zero-order valence-electron chi connectivity index (χ0n) is 7.83. The van der Waals surface area contributed by atoms with Gasteiger partial charge in [0.1, 0.15) is 9.76 Å². The molecule has 0 saturated heterocycles. The third-order valence-corrected chi connectivity index (χ3v) is 3.04. The standard InChI is InChI=1S/C9H9BrClN3/c1-5(2)14-8(10)7-6(13-14)3-4-12-9(7)11/h3-5H,1-2H3. The normalized spacial score (nSPS) is 11.5. The number of hydrogen-bond donors (Lipinski definition) is 0. The van der Waals surface area contributed by atoms with Gasteiger partial charge in [-0.15, -0.1) is 0 Å². The van der Waals surface area contributed by atoms with Gasteiger partial charge >= 0.3 is 0 Å². The van der Waals surface area contributed by atoms with E-state index < -0.39 is 0 Å². The van der Waals surface area contributed by atoms with Crippen molar-refractivity contribution in [2.24, 2.45) is 0 Å². The molecule has 0 spiro atoms. The van der Waals surface area contributed by atoms with Crippen LogP contribution in [0.5, 0.6) is 0 Å².